The molecule has 0 unspecified atom stereocenters. The van der Waals surface area contributed by atoms with Crippen LogP contribution in [0.3, 0.4) is 0 Å². The zero-order valence-corrected chi connectivity index (χ0v) is 10.0. The minimum atomic E-state index is 0.200. The van der Waals surface area contributed by atoms with E-state index in [1.54, 1.807) is 18.3 Å². The molecule has 0 aromatic carbocycles. The van der Waals surface area contributed by atoms with Gasteiger partial charge in [-0.15, -0.1) is 0 Å². The molecule has 0 atom stereocenters. The second-order valence-corrected chi connectivity index (χ2v) is 4.81. The van der Waals surface area contributed by atoms with E-state index in [4.69, 9.17) is 11.6 Å². The molecule has 1 aromatic heterocycles. The number of nitrogens with zero attached hydrogens (tertiary/aromatic N) is 1. The van der Waals surface area contributed by atoms with Crippen molar-refractivity contribution in [3.05, 3.63) is 29.0 Å². The van der Waals surface area contributed by atoms with Gasteiger partial charge in [-0.3, -0.25) is 4.79 Å². The third kappa shape index (κ3) is 2.82. The van der Waals surface area contributed by atoms with Crippen LogP contribution < -0.4 is 0 Å². The van der Waals surface area contributed by atoms with Crippen molar-refractivity contribution in [2.75, 3.05) is 0 Å². The zero-order chi connectivity index (χ0) is 11.4. The van der Waals surface area contributed by atoms with Crippen LogP contribution in [-0.2, 0) is 0 Å². The molecular weight excluding hydrogens is 222 g/mol. The number of halogens is 1. The fourth-order valence-corrected chi connectivity index (χ4v) is 2.41. The lowest BCUT2D eigenvalue weighted by molar-refractivity contribution is 0.0907. The molecule has 3 heteroatoms. The average Bonchev–Trinajstić information content (AvgIpc) is 2.57. The van der Waals surface area contributed by atoms with Gasteiger partial charge in [0.15, 0.2) is 5.78 Å². The van der Waals surface area contributed by atoms with E-state index in [2.05, 4.69) is 4.98 Å². The molecule has 2 rings (SSSR count). The monoisotopic (exact) mass is 237 g/mol. The third-order valence-corrected chi connectivity index (χ3v) is 3.46. The summed E-state index contributed by atoms with van der Waals surface area (Å²) in [5, 5.41) is 0.442. The van der Waals surface area contributed by atoms with Crippen LogP contribution >= 0.6 is 11.6 Å². The Labute approximate surface area is 101 Å². The third-order valence-electron chi connectivity index (χ3n) is 3.24. The maximum atomic E-state index is 12.2. The molecule has 2 nitrogen and oxygen atoms in total. The number of hydrogen-bond donors (Lipinski definition) is 0. The first-order chi connectivity index (χ1) is 7.77. The summed E-state index contributed by atoms with van der Waals surface area (Å²) in [5.41, 5.74) is 0.705. The highest BCUT2D eigenvalue weighted by Gasteiger charge is 2.21. The fraction of sp³-hybridized carbons (Fsp3) is 0.538. The van der Waals surface area contributed by atoms with E-state index in [-0.39, 0.29) is 11.7 Å². The molecule has 1 heterocycles. The number of hydrogen-bond acceptors (Lipinski definition) is 2. The Bertz CT molecular complexity index is 353. The van der Waals surface area contributed by atoms with Crippen molar-refractivity contribution in [2.45, 2.75) is 38.5 Å². The highest BCUT2D eigenvalue weighted by molar-refractivity contribution is 6.29. The van der Waals surface area contributed by atoms with Gasteiger partial charge in [0.2, 0.25) is 0 Å². The standard InChI is InChI=1S/C13H16ClNO/c14-12-8-7-11(9-15-12)13(16)10-5-3-1-2-4-6-10/h7-10H,1-6H2. The summed E-state index contributed by atoms with van der Waals surface area (Å²) in [5.74, 6) is 0.441. The number of Topliss-reactive ketones (excluding diaryl/α,β-unsaturated/α-hetero) is 1. The van der Waals surface area contributed by atoms with Gasteiger partial charge in [0.1, 0.15) is 5.15 Å². The number of ketones is 1. The Hall–Kier alpha value is -0.890. The van der Waals surface area contributed by atoms with Crippen LogP contribution in [0.4, 0.5) is 0 Å². The molecule has 0 bridgehead atoms. The van der Waals surface area contributed by atoms with E-state index in [0.717, 1.165) is 12.8 Å². The molecule has 1 saturated carbocycles. The summed E-state index contributed by atoms with van der Waals surface area (Å²) in [6.07, 6.45) is 8.54. The highest BCUT2D eigenvalue weighted by atomic mass is 35.5. The molecule has 1 fully saturated rings. The predicted molar refractivity (Wildman–Crippen MR) is 64.8 cm³/mol. The van der Waals surface area contributed by atoms with E-state index >= 15 is 0 Å². The molecule has 0 radical (unpaired) electrons. The lowest BCUT2D eigenvalue weighted by Gasteiger charge is -2.12. The van der Waals surface area contributed by atoms with Crippen molar-refractivity contribution in [1.29, 1.82) is 0 Å². The second-order valence-electron chi connectivity index (χ2n) is 4.42. The number of carbonyl (C=O) groups excluding carboxylic acids is 1. The zero-order valence-electron chi connectivity index (χ0n) is 9.29. The number of rotatable bonds is 2. The van der Waals surface area contributed by atoms with Gasteiger partial charge >= 0.3 is 0 Å². The van der Waals surface area contributed by atoms with Crippen LogP contribution in [0.2, 0.25) is 5.15 Å². The Morgan fingerprint density at radius 1 is 1.19 bits per heavy atom. The molecule has 1 aliphatic rings. The molecule has 0 amide bonds. The lowest BCUT2D eigenvalue weighted by atomic mass is 9.92. The first kappa shape index (κ1) is 11.6. The molecule has 0 aliphatic heterocycles. The van der Waals surface area contributed by atoms with Gasteiger partial charge in [-0.25, -0.2) is 4.98 Å². The Morgan fingerprint density at radius 3 is 2.44 bits per heavy atom. The largest absolute Gasteiger partial charge is 0.294 e. The van der Waals surface area contributed by atoms with Crippen molar-refractivity contribution < 1.29 is 4.79 Å². The molecule has 0 saturated heterocycles. The molecule has 1 aromatic rings. The van der Waals surface area contributed by atoms with Crippen molar-refractivity contribution in [3.8, 4) is 0 Å². The van der Waals surface area contributed by atoms with Crippen molar-refractivity contribution in [3.63, 3.8) is 0 Å². The number of pyridine rings is 1. The van der Waals surface area contributed by atoms with E-state index in [1.165, 1.54) is 25.7 Å². The van der Waals surface area contributed by atoms with Crippen molar-refractivity contribution in [2.24, 2.45) is 5.92 Å². The molecule has 1 aliphatic carbocycles. The van der Waals surface area contributed by atoms with E-state index in [1.807, 2.05) is 0 Å². The molecule has 0 N–H and O–H groups in total. The van der Waals surface area contributed by atoms with Crippen LogP contribution in [0.25, 0.3) is 0 Å². The SMILES string of the molecule is O=C(c1ccc(Cl)nc1)C1CCCCCC1. The molecular formula is C13H16ClNO. The fourth-order valence-electron chi connectivity index (χ4n) is 2.30. The first-order valence-corrected chi connectivity index (χ1v) is 6.31. The topological polar surface area (TPSA) is 30.0 Å². The first-order valence-electron chi connectivity index (χ1n) is 5.93. The Balaban J connectivity index is 2.08. The summed E-state index contributed by atoms with van der Waals surface area (Å²) in [7, 11) is 0. The van der Waals surface area contributed by atoms with Gasteiger partial charge in [0.05, 0.1) is 0 Å². The lowest BCUT2D eigenvalue weighted by Crippen LogP contribution is -2.14. The minimum Gasteiger partial charge on any atom is -0.294 e. The van der Waals surface area contributed by atoms with E-state index in [9.17, 15) is 4.79 Å². The van der Waals surface area contributed by atoms with E-state index in [0.29, 0.717) is 10.7 Å². The van der Waals surface area contributed by atoms with Crippen LogP contribution in [0.5, 0.6) is 0 Å². The summed E-state index contributed by atoms with van der Waals surface area (Å²) in [6, 6.07) is 3.47. The van der Waals surface area contributed by atoms with Crippen molar-refractivity contribution >= 4 is 17.4 Å². The van der Waals surface area contributed by atoms with Crippen LogP contribution in [0, 0.1) is 5.92 Å². The van der Waals surface area contributed by atoms with Gasteiger partial charge < -0.3 is 0 Å². The normalized spacial score (nSPS) is 18.1. The van der Waals surface area contributed by atoms with Crippen LogP contribution in [0.1, 0.15) is 48.9 Å². The van der Waals surface area contributed by atoms with Crippen molar-refractivity contribution in [1.82, 2.24) is 4.98 Å². The smallest absolute Gasteiger partial charge is 0.167 e. The van der Waals surface area contributed by atoms with Crippen LogP contribution in [-0.4, -0.2) is 10.8 Å². The average molecular weight is 238 g/mol. The van der Waals surface area contributed by atoms with Gasteiger partial charge in [0, 0.05) is 17.7 Å². The van der Waals surface area contributed by atoms with Crippen LogP contribution in [0.15, 0.2) is 18.3 Å². The number of aromatic nitrogens is 1. The van der Waals surface area contributed by atoms with E-state index < -0.39 is 0 Å². The Morgan fingerprint density at radius 2 is 1.88 bits per heavy atom. The highest BCUT2D eigenvalue weighted by Crippen LogP contribution is 2.26. The van der Waals surface area contributed by atoms with Gasteiger partial charge in [-0.2, -0.15) is 0 Å². The Kier molecular flexibility index (Phi) is 3.94. The number of carbonyl (C=O) groups is 1. The molecule has 86 valence electrons. The maximum absolute atomic E-state index is 12.2. The predicted octanol–water partition coefficient (Wildman–Crippen LogP) is 3.89. The van der Waals surface area contributed by atoms with Gasteiger partial charge in [-0.1, -0.05) is 37.3 Å². The maximum Gasteiger partial charge on any atom is 0.167 e. The molecule has 0 spiro atoms. The summed E-state index contributed by atoms with van der Waals surface area (Å²) >= 11 is 5.71. The molecule has 16 heavy (non-hydrogen) atoms. The quantitative estimate of drug-likeness (QED) is 0.444. The summed E-state index contributed by atoms with van der Waals surface area (Å²) < 4.78 is 0. The summed E-state index contributed by atoms with van der Waals surface area (Å²) in [4.78, 5) is 16.1. The van der Waals surface area contributed by atoms with Gasteiger partial charge in [0.25, 0.3) is 0 Å². The van der Waals surface area contributed by atoms with Gasteiger partial charge in [-0.05, 0) is 25.0 Å². The summed E-state index contributed by atoms with van der Waals surface area (Å²) in [6.45, 7) is 0. The minimum absolute atomic E-state index is 0.200. The second kappa shape index (κ2) is 5.44.